The summed E-state index contributed by atoms with van der Waals surface area (Å²) in [7, 11) is 0. The second-order valence-electron chi connectivity index (χ2n) is 4.57. The number of nitrogens with zero attached hydrogens (tertiary/aromatic N) is 3. The van der Waals surface area contributed by atoms with Crippen molar-refractivity contribution in [2.75, 3.05) is 0 Å². The first-order valence-corrected chi connectivity index (χ1v) is 6.46. The van der Waals surface area contributed by atoms with Crippen LogP contribution in [0, 0.1) is 0 Å². The monoisotopic (exact) mass is 260 g/mol. The van der Waals surface area contributed by atoms with Gasteiger partial charge in [-0.2, -0.15) is 5.10 Å². The van der Waals surface area contributed by atoms with Crippen molar-refractivity contribution in [3.8, 4) is 17.1 Å². The highest BCUT2D eigenvalue weighted by atomic mass is 15.3. The van der Waals surface area contributed by atoms with Crippen LogP contribution in [-0.2, 0) is 0 Å². The molecule has 20 heavy (non-hydrogen) atoms. The summed E-state index contributed by atoms with van der Waals surface area (Å²) in [6, 6.07) is 18.0. The Morgan fingerprint density at radius 1 is 0.900 bits per heavy atom. The number of aromatic amines is 1. The van der Waals surface area contributed by atoms with Gasteiger partial charge >= 0.3 is 0 Å². The lowest BCUT2D eigenvalue weighted by atomic mass is 10.1. The number of aromatic nitrogens is 4. The Bertz CT molecular complexity index is 826. The van der Waals surface area contributed by atoms with Crippen LogP contribution in [-0.4, -0.2) is 19.7 Å². The molecular weight excluding hydrogens is 248 g/mol. The molecule has 0 atom stereocenters. The Kier molecular flexibility index (Phi) is 2.39. The molecule has 0 fully saturated rings. The van der Waals surface area contributed by atoms with Crippen molar-refractivity contribution in [3.63, 3.8) is 0 Å². The highest BCUT2D eigenvalue weighted by Crippen LogP contribution is 2.25. The topological polar surface area (TPSA) is 46.5 Å². The summed E-state index contributed by atoms with van der Waals surface area (Å²) in [5, 5.41) is 4.30. The Morgan fingerprint density at radius 2 is 1.75 bits per heavy atom. The van der Waals surface area contributed by atoms with Crippen molar-refractivity contribution in [1.29, 1.82) is 0 Å². The van der Waals surface area contributed by atoms with Gasteiger partial charge in [-0.3, -0.25) is 0 Å². The summed E-state index contributed by atoms with van der Waals surface area (Å²) < 4.78 is 1.85. The number of hydrogen-bond acceptors (Lipinski definition) is 2. The number of hydrogen-bond donors (Lipinski definition) is 1. The molecular formula is C16H12N4. The summed E-state index contributed by atoms with van der Waals surface area (Å²) >= 11 is 0. The summed E-state index contributed by atoms with van der Waals surface area (Å²) in [6.07, 6.45) is 3.71. The van der Waals surface area contributed by atoms with E-state index in [9.17, 15) is 0 Å². The zero-order valence-electron chi connectivity index (χ0n) is 10.7. The Hall–Kier alpha value is -2.88. The molecule has 2 aromatic heterocycles. The first-order valence-electron chi connectivity index (χ1n) is 6.46. The van der Waals surface area contributed by atoms with Gasteiger partial charge in [0.25, 0.3) is 0 Å². The standard InChI is InChI=1S/C16H12N4/c1-4-9-15(20-11-5-10-17-20)12(6-1)16-18-13-7-2-3-8-14(13)19-16/h1-11H,(H,18,19). The average molecular weight is 260 g/mol. The van der Waals surface area contributed by atoms with Crippen LogP contribution in [0.25, 0.3) is 28.1 Å². The fraction of sp³-hybridized carbons (Fsp3) is 0. The van der Waals surface area contributed by atoms with Gasteiger partial charge in [0.15, 0.2) is 0 Å². The van der Waals surface area contributed by atoms with Crippen LogP contribution in [0.5, 0.6) is 0 Å². The molecule has 4 rings (SSSR count). The highest BCUT2D eigenvalue weighted by molar-refractivity contribution is 5.81. The molecule has 0 spiro atoms. The molecule has 0 aliphatic carbocycles. The van der Waals surface area contributed by atoms with Gasteiger partial charge in [-0.25, -0.2) is 9.67 Å². The summed E-state index contributed by atoms with van der Waals surface area (Å²) in [5.41, 5.74) is 4.06. The summed E-state index contributed by atoms with van der Waals surface area (Å²) in [6.45, 7) is 0. The smallest absolute Gasteiger partial charge is 0.140 e. The van der Waals surface area contributed by atoms with E-state index in [4.69, 9.17) is 0 Å². The quantitative estimate of drug-likeness (QED) is 0.600. The third-order valence-corrected chi connectivity index (χ3v) is 3.30. The van der Waals surface area contributed by atoms with E-state index >= 15 is 0 Å². The van der Waals surface area contributed by atoms with Gasteiger partial charge in [0.1, 0.15) is 5.82 Å². The minimum absolute atomic E-state index is 0.859. The van der Waals surface area contributed by atoms with Gasteiger partial charge in [0, 0.05) is 18.0 Å². The number of benzene rings is 2. The van der Waals surface area contributed by atoms with E-state index in [2.05, 4.69) is 21.1 Å². The number of H-pyrrole nitrogens is 1. The van der Waals surface area contributed by atoms with E-state index < -0.39 is 0 Å². The van der Waals surface area contributed by atoms with E-state index in [1.807, 2.05) is 59.4 Å². The van der Waals surface area contributed by atoms with Crippen LogP contribution in [0.15, 0.2) is 67.0 Å². The van der Waals surface area contributed by atoms with Crippen LogP contribution in [0.1, 0.15) is 0 Å². The van der Waals surface area contributed by atoms with E-state index in [0.29, 0.717) is 0 Å². The maximum Gasteiger partial charge on any atom is 0.140 e. The van der Waals surface area contributed by atoms with E-state index in [0.717, 1.165) is 28.1 Å². The van der Waals surface area contributed by atoms with Crippen LogP contribution in [0.2, 0.25) is 0 Å². The largest absolute Gasteiger partial charge is 0.338 e. The lowest BCUT2D eigenvalue weighted by Crippen LogP contribution is -1.97. The van der Waals surface area contributed by atoms with Crippen molar-refractivity contribution < 1.29 is 0 Å². The van der Waals surface area contributed by atoms with Gasteiger partial charge in [-0.15, -0.1) is 0 Å². The number of rotatable bonds is 2. The van der Waals surface area contributed by atoms with Gasteiger partial charge in [0.05, 0.1) is 16.7 Å². The molecule has 2 aromatic carbocycles. The molecule has 0 bridgehead atoms. The first-order chi connectivity index (χ1) is 9.92. The zero-order chi connectivity index (χ0) is 13.4. The fourth-order valence-electron chi connectivity index (χ4n) is 2.37. The molecule has 0 saturated heterocycles. The molecule has 4 aromatic rings. The van der Waals surface area contributed by atoms with Gasteiger partial charge in [-0.05, 0) is 30.3 Å². The second kappa shape index (κ2) is 4.35. The van der Waals surface area contributed by atoms with Crippen molar-refractivity contribution in [1.82, 2.24) is 19.7 Å². The van der Waals surface area contributed by atoms with E-state index in [1.54, 1.807) is 6.20 Å². The van der Waals surface area contributed by atoms with Gasteiger partial charge < -0.3 is 4.98 Å². The number of imidazole rings is 1. The van der Waals surface area contributed by atoms with Crippen LogP contribution >= 0.6 is 0 Å². The van der Waals surface area contributed by atoms with Gasteiger partial charge in [0.2, 0.25) is 0 Å². The highest BCUT2D eigenvalue weighted by Gasteiger charge is 2.10. The Balaban J connectivity index is 1.94. The predicted octanol–water partition coefficient (Wildman–Crippen LogP) is 3.42. The number of fused-ring (bicyclic) bond motifs is 1. The number of nitrogens with one attached hydrogen (secondary N) is 1. The minimum atomic E-state index is 0.859. The van der Waals surface area contributed by atoms with E-state index in [1.165, 1.54) is 0 Å². The van der Waals surface area contributed by atoms with Crippen LogP contribution < -0.4 is 0 Å². The van der Waals surface area contributed by atoms with Crippen LogP contribution in [0.3, 0.4) is 0 Å². The normalized spacial score (nSPS) is 11.0. The number of para-hydroxylation sites is 3. The lowest BCUT2D eigenvalue weighted by Gasteiger charge is -2.06. The van der Waals surface area contributed by atoms with Crippen molar-refractivity contribution >= 4 is 11.0 Å². The maximum absolute atomic E-state index is 4.66. The van der Waals surface area contributed by atoms with Crippen molar-refractivity contribution in [2.45, 2.75) is 0 Å². The zero-order valence-corrected chi connectivity index (χ0v) is 10.7. The minimum Gasteiger partial charge on any atom is -0.338 e. The first kappa shape index (κ1) is 11.0. The van der Waals surface area contributed by atoms with Crippen LogP contribution in [0.4, 0.5) is 0 Å². The molecule has 1 N–H and O–H groups in total. The van der Waals surface area contributed by atoms with E-state index in [-0.39, 0.29) is 0 Å². The molecule has 2 heterocycles. The average Bonchev–Trinajstić information content (AvgIpc) is 3.16. The molecule has 0 amide bonds. The molecule has 0 aliphatic heterocycles. The molecule has 0 radical (unpaired) electrons. The molecule has 96 valence electrons. The SMILES string of the molecule is c1ccc(-n2cccn2)c(-c2nc3ccccc3[nH]2)c1. The Labute approximate surface area is 115 Å². The van der Waals surface area contributed by atoms with Crippen molar-refractivity contribution in [2.24, 2.45) is 0 Å². The summed E-state index contributed by atoms with van der Waals surface area (Å²) in [5.74, 6) is 0.859. The fourth-order valence-corrected chi connectivity index (χ4v) is 2.37. The van der Waals surface area contributed by atoms with Crippen molar-refractivity contribution in [3.05, 3.63) is 67.0 Å². The predicted molar refractivity (Wildman–Crippen MR) is 78.7 cm³/mol. The second-order valence-corrected chi connectivity index (χ2v) is 4.57. The molecule has 0 aliphatic rings. The molecule has 4 nitrogen and oxygen atoms in total. The molecule has 0 saturated carbocycles. The third-order valence-electron chi connectivity index (χ3n) is 3.30. The summed E-state index contributed by atoms with van der Waals surface area (Å²) in [4.78, 5) is 8.02. The lowest BCUT2D eigenvalue weighted by molar-refractivity contribution is 0.881. The molecule has 0 unspecified atom stereocenters. The van der Waals surface area contributed by atoms with Gasteiger partial charge in [-0.1, -0.05) is 24.3 Å². The Morgan fingerprint density at radius 3 is 2.60 bits per heavy atom. The maximum atomic E-state index is 4.66. The molecule has 4 heteroatoms. The third kappa shape index (κ3) is 1.70.